The molecule has 0 aromatic rings. The quantitative estimate of drug-likeness (QED) is 0.498. The van der Waals surface area contributed by atoms with Crippen molar-refractivity contribution in [1.82, 2.24) is 0 Å². The van der Waals surface area contributed by atoms with Crippen LogP contribution in [0.2, 0.25) is 0 Å². The smallest absolute Gasteiger partial charge is 0.550 e. The number of carboxylic acid groups (broad SMARTS) is 2. The van der Waals surface area contributed by atoms with Crippen molar-refractivity contribution < 1.29 is 24.5 Å². The average Bonchev–Trinajstić information content (AvgIpc) is 1.96. The third-order valence-electron chi connectivity index (χ3n) is 1.14. The molecule has 0 aromatic heterocycles. The van der Waals surface area contributed by atoms with Crippen molar-refractivity contribution in [3.8, 4) is 0 Å². The third kappa shape index (κ3) is 8.79. The molecule has 0 rings (SSSR count). The van der Waals surface area contributed by atoms with Crippen molar-refractivity contribution in [2.75, 3.05) is 6.61 Å². The largest absolute Gasteiger partial charge is 2.00 e. The number of carbonyl (C=O) groups excluding carboxylic acids is 2. The van der Waals surface area contributed by atoms with Crippen LogP contribution in [-0.4, -0.2) is 73.5 Å². The van der Waals surface area contributed by atoms with Gasteiger partial charge in [-0.15, -0.1) is 0 Å². The molecule has 0 N–H and O–H groups in total. The minimum atomic E-state index is -1.52. The van der Waals surface area contributed by atoms with Crippen molar-refractivity contribution in [2.24, 2.45) is 0 Å². The molecule has 0 heterocycles. The Kier molecular flexibility index (Phi) is 11.1. The zero-order valence-corrected chi connectivity index (χ0v) is 11.9. The monoisotopic (exact) mass is 312 g/mol. The normalized spacial score (nSPS) is 11.5. The summed E-state index contributed by atoms with van der Waals surface area (Å²) in [6.45, 7) is 1.98. The number of hydrogen-bond donors (Lipinski definition) is 0. The van der Waals surface area contributed by atoms with Crippen molar-refractivity contribution in [2.45, 2.75) is 25.9 Å². The number of carbonyl (C=O) groups is 2. The van der Waals surface area contributed by atoms with E-state index in [2.05, 4.69) is 4.74 Å². The molecule has 0 fully saturated rings. The summed E-state index contributed by atoms with van der Waals surface area (Å²) in [7, 11) is 0. The molecule has 5 nitrogen and oxygen atoms in total. The van der Waals surface area contributed by atoms with Gasteiger partial charge in [-0.25, -0.2) is 0 Å². The first kappa shape index (κ1) is 15.9. The molecule has 0 saturated heterocycles. The van der Waals surface area contributed by atoms with Crippen LogP contribution in [0.3, 0.4) is 0 Å². The van der Waals surface area contributed by atoms with Crippen molar-refractivity contribution in [3.05, 3.63) is 0 Å². The Hall–Kier alpha value is 0.471. The van der Waals surface area contributed by atoms with Crippen LogP contribution in [0.5, 0.6) is 0 Å². The van der Waals surface area contributed by atoms with Gasteiger partial charge in [-0.3, -0.25) is 0 Å². The molecular weight excluding hydrogens is 301 g/mol. The van der Waals surface area contributed by atoms with Crippen LogP contribution in [0.4, 0.5) is 0 Å². The molecule has 0 radical (unpaired) electrons. The first-order chi connectivity index (χ1) is 5.57. The van der Waals surface area contributed by atoms with Crippen molar-refractivity contribution in [1.29, 1.82) is 0 Å². The van der Waals surface area contributed by atoms with Gasteiger partial charge in [0.05, 0.1) is 5.97 Å². The van der Waals surface area contributed by atoms with E-state index in [0.717, 1.165) is 0 Å². The van der Waals surface area contributed by atoms with Crippen LogP contribution in [0.15, 0.2) is 0 Å². The molecule has 0 amide bonds. The van der Waals surface area contributed by atoms with Crippen LogP contribution < -0.4 is 10.2 Å². The van der Waals surface area contributed by atoms with Gasteiger partial charge in [-0.2, -0.15) is 0 Å². The SMILES string of the molecule is CCCO[C@H](CC(=O)[O-])C(=O)[O-].[Ba+2]. The second-order valence-corrected chi connectivity index (χ2v) is 2.25. The number of hydrogen-bond acceptors (Lipinski definition) is 5. The molecule has 0 saturated carbocycles. The van der Waals surface area contributed by atoms with E-state index in [4.69, 9.17) is 0 Å². The third-order valence-corrected chi connectivity index (χ3v) is 1.14. The Bertz CT molecular complexity index is 170. The van der Waals surface area contributed by atoms with Gasteiger partial charge in [0.25, 0.3) is 0 Å². The molecule has 0 spiro atoms. The summed E-state index contributed by atoms with van der Waals surface area (Å²) >= 11 is 0. The van der Waals surface area contributed by atoms with Crippen LogP contribution >= 0.6 is 0 Å². The molecule has 13 heavy (non-hydrogen) atoms. The maximum absolute atomic E-state index is 10.2. The Morgan fingerprint density at radius 2 is 1.92 bits per heavy atom. The number of aliphatic carboxylic acids is 2. The van der Waals surface area contributed by atoms with E-state index in [0.29, 0.717) is 6.42 Å². The summed E-state index contributed by atoms with van der Waals surface area (Å²) in [4.78, 5) is 20.2. The Labute approximate surface area is 117 Å². The van der Waals surface area contributed by atoms with E-state index in [1.165, 1.54) is 0 Å². The number of ether oxygens (including phenoxy) is 1. The summed E-state index contributed by atoms with van der Waals surface area (Å²) < 4.78 is 4.68. The van der Waals surface area contributed by atoms with Gasteiger partial charge in [0.2, 0.25) is 0 Å². The molecule has 70 valence electrons. The molecule has 0 bridgehead atoms. The van der Waals surface area contributed by atoms with Crippen molar-refractivity contribution in [3.63, 3.8) is 0 Å². The summed E-state index contributed by atoms with van der Waals surface area (Å²) in [5.74, 6) is -2.98. The maximum Gasteiger partial charge on any atom is 2.00 e. The van der Waals surface area contributed by atoms with Gasteiger partial charge in [-0.05, 0) is 6.42 Å². The van der Waals surface area contributed by atoms with Gasteiger partial charge in [-0.1, -0.05) is 6.92 Å². The number of rotatable bonds is 6. The molecule has 0 aliphatic carbocycles. The van der Waals surface area contributed by atoms with E-state index >= 15 is 0 Å². The standard InChI is InChI=1S/C7H12O5.Ba/c1-2-3-12-5(7(10)11)4-6(8)9;/h5H,2-4H2,1H3,(H,8,9)(H,10,11);/q;+2/p-2/t5-;/m1./s1. The first-order valence-corrected chi connectivity index (χ1v) is 3.60. The Balaban J connectivity index is 0. The molecule has 0 unspecified atom stereocenters. The molecule has 0 aliphatic rings. The van der Waals surface area contributed by atoms with Crippen LogP contribution in [-0.2, 0) is 14.3 Å². The van der Waals surface area contributed by atoms with E-state index in [1.807, 2.05) is 0 Å². The van der Waals surface area contributed by atoms with E-state index in [-0.39, 0.29) is 55.5 Å². The van der Waals surface area contributed by atoms with E-state index < -0.39 is 24.5 Å². The van der Waals surface area contributed by atoms with Crippen LogP contribution in [0, 0.1) is 0 Å². The molecule has 0 aromatic carbocycles. The Morgan fingerprint density at radius 1 is 1.38 bits per heavy atom. The van der Waals surface area contributed by atoms with Gasteiger partial charge in [0.1, 0.15) is 6.10 Å². The summed E-state index contributed by atoms with van der Waals surface area (Å²) in [6.07, 6.45) is -1.44. The van der Waals surface area contributed by atoms with Crippen LogP contribution in [0.25, 0.3) is 0 Å². The van der Waals surface area contributed by atoms with Gasteiger partial charge in [0.15, 0.2) is 0 Å². The predicted molar refractivity (Wildman–Crippen MR) is 40.4 cm³/mol. The molecule has 6 heteroatoms. The zero-order chi connectivity index (χ0) is 9.56. The van der Waals surface area contributed by atoms with Gasteiger partial charge < -0.3 is 24.5 Å². The minimum Gasteiger partial charge on any atom is -0.550 e. The fourth-order valence-corrected chi connectivity index (χ4v) is 0.622. The molecule has 1 atom stereocenters. The molecular formula is C7H10BaO5. The Morgan fingerprint density at radius 3 is 2.23 bits per heavy atom. The van der Waals surface area contributed by atoms with Crippen LogP contribution in [0.1, 0.15) is 19.8 Å². The first-order valence-electron chi connectivity index (χ1n) is 3.60. The maximum atomic E-state index is 10.2. The summed E-state index contributed by atoms with van der Waals surface area (Å²) in [5, 5.41) is 20.2. The van der Waals surface area contributed by atoms with Gasteiger partial charge in [0, 0.05) is 19.0 Å². The minimum absolute atomic E-state index is 0. The fraction of sp³-hybridized carbons (Fsp3) is 0.714. The predicted octanol–water partition coefficient (Wildman–Crippen LogP) is -2.71. The topological polar surface area (TPSA) is 89.5 Å². The zero-order valence-electron chi connectivity index (χ0n) is 7.45. The van der Waals surface area contributed by atoms with Gasteiger partial charge >= 0.3 is 48.9 Å². The molecule has 0 aliphatic heterocycles. The van der Waals surface area contributed by atoms with Crippen molar-refractivity contribution >= 4 is 60.8 Å². The van der Waals surface area contributed by atoms with E-state index in [9.17, 15) is 19.8 Å². The average molecular weight is 311 g/mol. The van der Waals surface area contributed by atoms with E-state index in [1.54, 1.807) is 6.92 Å². The second-order valence-electron chi connectivity index (χ2n) is 2.25. The second kappa shape index (κ2) is 9.04. The summed E-state index contributed by atoms with van der Waals surface area (Å²) in [6, 6.07) is 0. The number of carboxylic acids is 2. The summed E-state index contributed by atoms with van der Waals surface area (Å²) in [5.41, 5.74) is 0. The fourth-order valence-electron chi connectivity index (χ4n) is 0.622.